The minimum Gasteiger partial charge on any atom is -0.493 e. The summed E-state index contributed by atoms with van der Waals surface area (Å²) in [5.74, 6) is 1.38. The maximum atomic E-state index is 5.98. The first-order valence-corrected chi connectivity index (χ1v) is 7.29. The number of halogens is 2. The average Bonchev–Trinajstić information content (AvgIpc) is 2.22. The van der Waals surface area contributed by atoms with E-state index in [1.165, 1.54) is 0 Å². The molecule has 1 rings (SSSR count). The first-order valence-electron chi connectivity index (χ1n) is 5.79. The van der Waals surface area contributed by atoms with Crippen molar-refractivity contribution >= 4 is 27.5 Å². The van der Waals surface area contributed by atoms with Crippen molar-refractivity contribution in [2.24, 2.45) is 11.3 Å². The quantitative estimate of drug-likeness (QED) is 0.703. The number of rotatable bonds is 4. The molecule has 0 heterocycles. The fourth-order valence-electron chi connectivity index (χ4n) is 1.43. The Kier molecular flexibility index (Phi) is 5.33. The van der Waals surface area contributed by atoms with Gasteiger partial charge in [0.1, 0.15) is 5.75 Å². The highest BCUT2D eigenvalue weighted by Crippen LogP contribution is 2.29. The highest BCUT2D eigenvalue weighted by atomic mass is 79.9. The van der Waals surface area contributed by atoms with Crippen LogP contribution in [-0.4, -0.2) is 11.9 Å². The van der Waals surface area contributed by atoms with Crippen molar-refractivity contribution in [3.8, 4) is 5.75 Å². The molecule has 1 aromatic carbocycles. The van der Waals surface area contributed by atoms with Gasteiger partial charge in [-0.05, 0) is 36.1 Å². The van der Waals surface area contributed by atoms with E-state index < -0.39 is 0 Å². The van der Waals surface area contributed by atoms with Crippen LogP contribution in [-0.2, 0) is 0 Å². The Morgan fingerprint density at radius 3 is 2.47 bits per heavy atom. The van der Waals surface area contributed by atoms with Gasteiger partial charge in [-0.25, -0.2) is 0 Å². The molecule has 96 valence electrons. The molecule has 0 aliphatic heterocycles. The zero-order chi connectivity index (χ0) is 13.1. The monoisotopic (exact) mass is 318 g/mol. The largest absolute Gasteiger partial charge is 0.493 e. The van der Waals surface area contributed by atoms with E-state index in [2.05, 4.69) is 36.7 Å². The lowest BCUT2D eigenvalue weighted by Gasteiger charge is -2.29. The molecule has 0 N–H and O–H groups in total. The van der Waals surface area contributed by atoms with Crippen molar-refractivity contribution in [2.75, 3.05) is 11.9 Å². The summed E-state index contributed by atoms with van der Waals surface area (Å²) in [5.41, 5.74) is 1.29. The second kappa shape index (κ2) is 6.10. The van der Waals surface area contributed by atoms with Crippen LogP contribution in [0.5, 0.6) is 5.75 Å². The summed E-state index contributed by atoms with van der Waals surface area (Å²) in [7, 11) is 0. The van der Waals surface area contributed by atoms with E-state index in [-0.39, 0.29) is 5.41 Å². The first kappa shape index (κ1) is 14.8. The first-order chi connectivity index (χ1) is 7.84. The van der Waals surface area contributed by atoms with E-state index in [0.717, 1.165) is 28.3 Å². The lowest BCUT2D eigenvalue weighted by atomic mass is 9.83. The molecule has 1 aromatic rings. The molecule has 0 aliphatic rings. The molecule has 1 unspecified atom stereocenters. The van der Waals surface area contributed by atoms with E-state index >= 15 is 0 Å². The highest BCUT2D eigenvalue weighted by molar-refractivity contribution is 9.09. The Hall–Kier alpha value is -0.210. The maximum absolute atomic E-state index is 5.98. The third kappa shape index (κ3) is 4.51. The number of hydrogen-bond donors (Lipinski definition) is 0. The topological polar surface area (TPSA) is 9.23 Å². The number of aryl methyl sites for hydroxylation is 1. The molecule has 0 saturated carbocycles. The molecule has 0 bridgehead atoms. The summed E-state index contributed by atoms with van der Waals surface area (Å²) in [6.45, 7) is 9.40. The molecule has 0 radical (unpaired) electrons. The predicted molar refractivity (Wildman–Crippen MR) is 78.4 cm³/mol. The standard InChI is InChI=1S/C14H20BrClO/c1-10-7-12(5-6-13(10)16)17-9-11(8-15)14(2,3)4/h5-7,11H,8-9H2,1-4H3. The summed E-state index contributed by atoms with van der Waals surface area (Å²) in [5, 5.41) is 1.73. The summed E-state index contributed by atoms with van der Waals surface area (Å²) in [6.07, 6.45) is 0. The highest BCUT2D eigenvalue weighted by Gasteiger charge is 2.24. The normalized spacial score (nSPS) is 13.5. The van der Waals surface area contributed by atoms with Gasteiger partial charge in [0.2, 0.25) is 0 Å². The lowest BCUT2D eigenvalue weighted by Crippen LogP contribution is -2.27. The van der Waals surface area contributed by atoms with Crippen LogP contribution in [0.25, 0.3) is 0 Å². The van der Waals surface area contributed by atoms with Crippen LogP contribution in [0, 0.1) is 18.3 Å². The molecule has 0 saturated heterocycles. The molecule has 0 fully saturated rings. The summed E-state index contributed by atoms with van der Waals surface area (Å²) in [6, 6.07) is 5.78. The van der Waals surface area contributed by atoms with Gasteiger partial charge in [-0.1, -0.05) is 48.3 Å². The Morgan fingerprint density at radius 1 is 1.35 bits per heavy atom. The molecule has 1 nitrogen and oxygen atoms in total. The van der Waals surface area contributed by atoms with E-state index in [0.29, 0.717) is 5.92 Å². The Morgan fingerprint density at radius 2 is 2.00 bits per heavy atom. The van der Waals surface area contributed by atoms with Crippen molar-refractivity contribution in [3.63, 3.8) is 0 Å². The van der Waals surface area contributed by atoms with Gasteiger partial charge < -0.3 is 4.74 Å². The number of benzene rings is 1. The smallest absolute Gasteiger partial charge is 0.119 e. The van der Waals surface area contributed by atoms with E-state index in [4.69, 9.17) is 16.3 Å². The number of alkyl halides is 1. The Bertz CT molecular complexity index is 371. The van der Waals surface area contributed by atoms with E-state index in [9.17, 15) is 0 Å². The Labute approximate surface area is 118 Å². The summed E-state index contributed by atoms with van der Waals surface area (Å²) in [4.78, 5) is 0. The van der Waals surface area contributed by atoms with Crippen LogP contribution in [0.1, 0.15) is 26.3 Å². The van der Waals surface area contributed by atoms with Crippen LogP contribution in [0.4, 0.5) is 0 Å². The predicted octanol–water partition coefficient (Wildman–Crippen LogP) is 5.08. The zero-order valence-electron chi connectivity index (χ0n) is 10.9. The van der Waals surface area contributed by atoms with Gasteiger partial charge in [-0.15, -0.1) is 0 Å². The molecular weight excluding hydrogens is 300 g/mol. The zero-order valence-corrected chi connectivity index (χ0v) is 13.2. The van der Waals surface area contributed by atoms with Crippen molar-refractivity contribution < 1.29 is 4.74 Å². The van der Waals surface area contributed by atoms with Crippen molar-refractivity contribution in [1.82, 2.24) is 0 Å². The van der Waals surface area contributed by atoms with E-state index in [1.54, 1.807) is 0 Å². The fourth-order valence-corrected chi connectivity index (χ4v) is 2.71. The van der Waals surface area contributed by atoms with Crippen molar-refractivity contribution in [1.29, 1.82) is 0 Å². The molecule has 1 atom stereocenters. The minimum absolute atomic E-state index is 0.241. The SMILES string of the molecule is Cc1cc(OCC(CBr)C(C)(C)C)ccc1Cl. The Balaban J connectivity index is 2.63. The van der Waals surface area contributed by atoms with Crippen LogP contribution >= 0.6 is 27.5 Å². The number of ether oxygens (including phenoxy) is 1. The van der Waals surface area contributed by atoms with Gasteiger partial charge in [0.25, 0.3) is 0 Å². The third-order valence-electron chi connectivity index (χ3n) is 2.99. The maximum Gasteiger partial charge on any atom is 0.119 e. The van der Waals surface area contributed by atoms with Gasteiger partial charge in [0.05, 0.1) is 6.61 Å². The number of hydrogen-bond acceptors (Lipinski definition) is 1. The molecule has 0 spiro atoms. The third-order valence-corrected chi connectivity index (χ3v) is 4.20. The molecule has 17 heavy (non-hydrogen) atoms. The fraction of sp³-hybridized carbons (Fsp3) is 0.571. The molecule has 0 aromatic heterocycles. The average molecular weight is 320 g/mol. The van der Waals surface area contributed by atoms with Crippen LogP contribution in [0.3, 0.4) is 0 Å². The van der Waals surface area contributed by atoms with Gasteiger partial charge >= 0.3 is 0 Å². The second-order valence-corrected chi connectivity index (χ2v) is 6.49. The van der Waals surface area contributed by atoms with Gasteiger partial charge in [0, 0.05) is 16.3 Å². The summed E-state index contributed by atoms with van der Waals surface area (Å²) < 4.78 is 5.83. The van der Waals surface area contributed by atoms with Gasteiger partial charge in [0.15, 0.2) is 0 Å². The molecule has 3 heteroatoms. The molecule has 0 aliphatic carbocycles. The lowest BCUT2D eigenvalue weighted by molar-refractivity contribution is 0.166. The minimum atomic E-state index is 0.241. The van der Waals surface area contributed by atoms with Crippen LogP contribution in [0.15, 0.2) is 18.2 Å². The van der Waals surface area contributed by atoms with Crippen molar-refractivity contribution in [3.05, 3.63) is 28.8 Å². The van der Waals surface area contributed by atoms with Gasteiger partial charge in [-0.3, -0.25) is 0 Å². The van der Waals surface area contributed by atoms with Crippen LogP contribution < -0.4 is 4.74 Å². The molecular formula is C14H20BrClO. The van der Waals surface area contributed by atoms with E-state index in [1.807, 2.05) is 25.1 Å². The van der Waals surface area contributed by atoms with Crippen molar-refractivity contribution in [2.45, 2.75) is 27.7 Å². The van der Waals surface area contributed by atoms with Gasteiger partial charge in [-0.2, -0.15) is 0 Å². The second-order valence-electron chi connectivity index (χ2n) is 5.44. The molecule has 0 amide bonds. The van der Waals surface area contributed by atoms with Crippen LogP contribution in [0.2, 0.25) is 5.02 Å². The summed E-state index contributed by atoms with van der Waals surface area (Å²) >= 11 is 9.53.